The van der Waals surface area contributed by atoms with Gasteiger partial charge in [0, 0.05) is 34.9 Å². The van der Waals surface area contributed by atoms with Crippen LogP contribution >= 0.6 is 0 Å². The molecule has 2 spiro atoms. The van der Waals surface area contributed by atoms with Crippen molar-refractivity contribution in [2.75, 3.05) is 19.3 Å². The number of carbonyl (C=O) groups is 1. The molecular formula is C39H53NO6S. The first-order valence-corrected chi connectivity index (χ1v) is 20.4. The summed E-state index contributed by atoms with van der Waals surface area (Å²) in [7, 11) is -3.56. The zero-order chi connectivity index (χ0) is 32.8. The maximum atomic E-state index is 14.5. The van der Waals surface area contributed by atoms with Crippen LogP contribution in [0, 0.1) is 56.7 Å². The molecule has 10 aliphatic carbocycles. The van der Waals surface area contributed by atoms with E-state index in [4.69, 9.17) is 4.42 Å². The largest absolute Gasteiger partial charge is 0.461 e. The first-order chi connectivity index (χ1) is 22.1. The standard InChI is InChI=1S/C39H53NO6S/c1-34-9-6-28(41)21-37(34)12-13-39(29(22-37)33(42)30-5-4-14-46-30)31(34)7-10-35(2)32(39)8-11-38(35,43)24-40(47(3,44)45)23-36-18-25-15-26(19-36)17-27(16-25)20-36/h4-5,12-14,22,25-28,31-32,41,43H,6-11,15-21,23-24H2,1-3H3. The molecule has 1 aromatic rings. The molecule has 0 amide bonds. The van der Waals surface area contributed by atoms with Crippen LogP contribution in [0.3, 0.4) is 0 Å². The number of hydrogen-bond acceptors (Lipinski definition) is 6. The van der Waals surface area contributed by atoms with Crippen molar-refractivity contribution in [2.24, 2.45) is 56.7 Å². The maximum Gasteiger partial charge on any atom is 0.224 e. The van der Waals surface area contributed by atoms with E-state index >= 15 is 0 Å². The maximum absolute atomic E-state index is 14.5. The summed E-state index contributed by atoms with van der Waals surface area (Å²) in [5.74, 6) is 2.58. The van der Waals surface area contributed by atoms with Gasteiger partial charge < -0.3 is 14.6 Å². The minimum absolute atomic E-state index is 0.0249. The summed E-state index contributed by atoms with van der Waals surface area (Å²) in [6.07, 6.45) is 21.8. The Morgan fingerprint density at radius 3 is 2.19 bits per heavy atom. The predicted molar refractivity (Wildman–Crippen MR) is 179 cm³/mol. The van der Waals surface area contributed by atoms with Crippen molar-refractivity contribution in [1.82, 2.24) is 4.31 Å². The number of Topliss-reactive ketones (excluding diaryl/α,β-unsaturated/α-hetero) is 1. The van der Waals surface area contributed by atoms with Gasteiger partial charge in [-0.3, -0.25) is 4.79 Å². The number of rotatable bonds is 7. The summed E-state index contributed by atoms with van der Waals surface area (Å²) < 4.78 is 34.6. The molecule has 0 aliphatic heterocycles. The van der Waals surface area contributed by atoms with Gasteiger partial charge in [0.15, 0.2) is 5.76 Å². The second-order valence-corrected chi connectivity index (χ2v) is 20.5. The highest BCUT2D eigenvalue weighted by Crippen LogP contribution is 2.78. The molecule has 2 N–H and O–H groups in total. The number of allylic oxidation sites excluding steroid dienone is 4. The van der Waals surface area contributed by atoms with Gasteiger partial charge in [-0.05, 0) is 136 Å². The number of sulfonamides is 1. The number of ketones is 1. The first-order valence-electron chi connectivity index (χ1n) is 18.5. The van der Waals surface area contributed by atoms with Crippen LogP contribution in [0.25, 0.3) is 0 Å². The van der Waals surface area contributed by atoms with E-state index in [1.54, 1.807) is 22.7 Å². The quantitative estimate of drug-likeness (QED) is 0.254. The van der Waals surface area contributed by atoms with Crippen molar-refractivity contribution in [3.8, 4) is 0 Å². The van der Waals surface area contributed by atoms with E-state index in [-0.39, 0.29) is 35.0 Å². The van der Waals surface area contributed by atoms with Crippen molar-refractivity contribution in [3.05, 3.63) is 48.0 Å². The average Bonchev–Trinajstić information content (AvgIpc) is 3.62. The Hall–Kier alpha value is -1.74. The molecule has 1 heterocycles. The molecule has 7 saturated carbocycles. The Morgan fingerprint density at radius 2 is 1.55 bits per heavy atom. The Bertz CT molecular complexity index is 1630. The third-order valence-corrected chi connectivity index (χ3v) is 17.5. The molecule has 8 heteroatoms. The second-order valence-electron chi connectivity index (χ2n) is 18.6. The van der Waals surface area contributed by atoms with Gasteiger partial charge in [0.1, 0.15) is 0 Å². The number of aliphatic hydroxyl groups excluding tert-OH is 1. The summed E-state index contributed by atoms with van der Waals surface area (Å²) in [5.41, 5.74) is -2.09. The topological polar surface area (TPSA) is 108 Å². The van der Waals surface area contributed by atoms with Gasteiger partial charge in [-0.2, -0.15) is 4.31 Å². The molecule has 11 rings (SSSR count). The van der Waals surface area contributed by atoms with Gasteiger partial charge >= 0.3 is 0 Å². The molecule has 0 aromatic carbocycles. The van der Waals surface area contributed by atoms with Crippen molar-refractivity contribution < 1.29 is 27.8 Å². The van der Waals surface area contributed by atoms with Crippen molar-refractivity contribution >= 4 is 15.8 Å². The number of nitrogens with zero attached hydrogens (tertiary/aromatic N) is 1. The lowest BCUT2D eigenvalue weighted by atomic mass is 9.32. The van der Waals surface area contributed by atoms with Gasteiger partial charge in [-0.25, -0.2) is 8.42 Å². The van der Waals surface area contributed by atoms with Gasteiger partial charge in [0.2, 0.25) is 15.8 Å². The molecule has 8 atom stereocenters. The Balaban J connectivity index is 1.10. The predicted octanol–water partition coefficient (Wildman–Crippen LogP) is 6.53. The molecule has 7 nitrogen and oxygen atoms in total. The number of aliphatic hydroxyl groups is 2. The lowest BCUT2D eigenvalue weighted by Gasteiger charge is -2.71. The third-order valence-electron chi connectivity index (χ3n) is 16.3. The van der Waals surface area contributed by atoms with Gasteiger partial charge in [0.25, 0.3) is 0 Å². The highest BCUT2D eigenvalue weighted by molar-refractivity contribution is 7.88. The SMILES string of the molecule is CC12CCC(O)CC13C=CC1(C(C(=O)c4ccco4)=C3)C2CCC2(C)C1CCC2(O)CN(CC12CC3CC(CC(C3)C1)C2)S(C)(=O)=O. The van der Waals surface area contributed by atoms with Crippen molar-refractivity contribution in [1.29, 1.82) is 0 Å². The molecule has 1 aromatic heterocycles. The molecule has 7 fully saturated rings. The highest BCUT2D eigenvalue weighted by atomic mass is 32.2. The Labute approximate surface area is 280 Å². The minimum Gasteiger partial charge on any atom is -0.461 e. The summed E-state index contributed by atoms with van der Waals surface area (Å²) in [6.45, 7) is 5.24. The summed E-state index contributed by atoms with van der Waals surface area (Å²) in [4.78, 5) is 14.5. The van der Waals surface area contributed by atoms with E-state index in [1.807, 2.05) is 0 Å². The molecule has 8 unspecified atom stereocenters. The molecular weight excluding hydrogens is 610 g/mol. The number of carbonyl (C=O) groups excluding carboxylic acids is 1. The monoisotopic (exact) mass is 663 g/mol. The number of hydrogen-bond donors (Lipinski definition) is 2. The van der Waals surface area contributed by atoms with E-state index < -0.39 is 38.0 Å². The van der Waals surface area contributed by atoms with Crippen molar-refractivity contribution in [3.63, 3.8) is 0 Å². The normalized spacial score (nSPS) is 50.7. The summed E-state index contributed by atoms with van der Waals surface area (Å²) >= 11 is 0. The van der Waals surface area contributed by atoms with Gasteiger partial charge in [-0.15, -0.1) is 0 Å². The Morgan fingerprint density at radius 1 is 0.915 bits per heavy atom. The van der Waals surface area contributed by atoms with Crippen LogP contribution in [0.5, 0.6) is 0 Å². The third kappa shape index (κ3) is 4.08. The number of furan rings is 1. The number of fused-ring (bicyclic) bond motifs is 1. The lowest BCUT2D eigenvalue weighted by Crippen LogP contribution is -2.67. The smallest absolute Gasteiger partial charge is 0.224 e. The minimum atomic E-state index is -3.56. The van der Waals surface area contributed by atoms with Crippen LogP contribution in [-0.2, 0) is 10.0 Å². The molecule has 256 valence electrons. The van der Waals surface area contributed by atoms with E-state index in [2.05, 4.69) is 32.1 Å². The van der Waals surface area contributed by atoms with Gasteiger partial charge in [0.05, 0.1) is 24.2 Å². The second kappa shape index (κ2) is 9.73. The van der Waals surface area contributed by atoms with E-state index in [1.165, 1.54) is 25.5 Å². The fourth-order valence-electron chi connectivity index (χ4n) is 14.6. The van der Waals surface area contributed by atoms with Crippen molar-refractivity contribution in [2.45, 2.75) is 109 Å². The lowest BCUT2D eigenvalue weighted by molar-refractivity contribution is -0.175. The van der Waals surface area contributed by atoms with E-state index in [9.17, 15) is 23.4 Å². The van der Waals surface area contributed by atoms with Crippen LogP contribution < -0.4 is 0 Å². The molecule has 47 heavy (non-hydrogen) atoms. The zero-order valence-corrected chi connectivity index (χ0v) is 29.2. The highest BCUT2D eigenvalue weighted by Gasteiger charge is 2.75. The van der Waals surface area contributed by atoms with Crippen LogP contribution in [0.1, 0.15) is 108 Å². The van der Waals surface area contributed by atoms with E-state index in [0.717, 1.165) is 74.7 Å². The van der Waals surface area contributed by atoms with Crippen LogP contribution in [-0.4, -0.2) is 59.8 Å². The molecule has 10 aliphatic rings. The summed E-state index contributed by atoms with van der Waals surface area (Å²) in [5, 5.41) is 23.9. The summed E-state index contributed by atoms with van der Waals surface area (Å²) in [6, 6.07) is 3.50. The first kappa shape index (κ1) is 31.3. The Kier molecular flexibility index (Phi) is 6.47. The zero-order valence-electron chi connectivity index (χ0n) is 28.4. The fraction of sp³-hybridized carbons (Fsp3) is 0.769. The van der Waals surface area contributed by atoms with Crippen LogP contribution in [0.15, 0.2) is 46.6 Å². The molecule has 0 radical (unpaired) electrons. The van der Waals surface area contributed by atoms with E-state index in [0.29, 0.717) is 25.1 Å². The molecule has 6 bridgehead atoms. The molecule has 0 saturated heterocycles. The fourth-order valence-corrected chi connectivity index (χ4v) is 15.5. The van der Waals surface area contributed by atoms with Crippen LogP contribution in [0.2, 0.25) is 0 Å². The average molecular weight is 664 g/mol. The van der Waals surface area contributed by atoms with Gasteiger partial charge in [-0.1, -0.05) is 32.1 Å². The van der Waals surface area contributed by atoms with Crippen LogP contribution in [0.4, 0.5) is 0 Å².